The maximum atomic E-state index is 13.1. The van der Waals surface area contributed by atoms with Crippen molar-refractivity contribution in [3.8, 4) is 0 Å². The molecule has 0 saturated heterocycles. The molecule has 90 valence electrons. The summed E-state index contributed by atoms with van der Waals surface area (Å²) in [5.41, 5.74) is 0.818. The minimum Gasteiger partial charge on any atom is -0.312 e. The van der Waals surface area contributed by atoms with Gasteiger partial charge in [-0.05, 0) is 36.1 Å². The van der Waals surface area contributed by atoms with Gasteiger partial charge in [0.05, 0.1) is 5.02 Å². The smallest absolute Gasteiger partial charge is 0.142 e. The van der Waals surface area contributed by atoms with Crippen LogP contribution in [0.2, 0.25) is 5.02 Å². The van der Waals surface area contributed by atoms with E-state index >= 15 is 0 Å². The molecule has 0 aromatic heterocycles. The number of rotatable bonds is 6. The van der Waals surface area contributed by atoms with Crippen molar-refractivity contribution in [3.63, 3.8) is 0 Å². The van der Waals surface area contributed by atoms with Crippen molar-refractivity contribution in [3.05, 3.63) is 34.6 Å². The molecule has 0 amide bonds. The molecule has 0 radical (unpaired) electrons. The predicted molar refractivity (Wildman–Crippen MR) is 70.7 cm³/mol. The van der Waals surface area contributed by atoms with Crippen LogP contribution in [0.5, 0.6) is 0 Å². The molecule has 0 aliphatic heterocycles. The molecule has 1 rings (SSSR count). The summed E-state index contributed by atoms with van der Waals surface area (Å²) in [7, 11) is 0. The fourth-order valence-electron chi connectivity index (χ4n) is 1.48. The van der Waals surface area contributed by atoms with E-state index in [1.54, 1.807) is 6.07 Å². The number of halogens is 2. The molecule has 0 heterocycles. The van der Waals surface area contributed by atoms with Crippen LogP contribution in [-0.4, -0.2) is 18.6 Å². The minimum absolute atomic E-state index is 0.229. The highest BCUT2D eigenvalue weighted by atomic mass is 35.5. The number of nitrogens with one attached hydrogen (secondary N) is 1. The van der Waals surface area contributed by atoms with Crippen LogP contribution >= 0.6 is 23.4 Å². The Morgan fingerprint density at radius 3 is 2.94 bits per heavy atom. The third-order valence-electron chi connectivity index (χ3n) is 2.29. The molecule has 1 aromatic rings. The molecular weight excluding hydrogens is 245 g/mol. The number of benzene rings is 1. The standard InChI is InChI=1S/C12H17ClFNS/c1-9(8-16-2)6-15-7-10-4-3-5-11(14)12(10)13/h3-5,9,15H,6-8H2,1-2H3. The van der Waals surface area contributed by atoms with Gasteiger partial charge in [-0.15, -0.1) is 0 Å². The average molecular weight is 262 g/mol. The largest absolute Gasteiger partial charge is 0.312 e. The van der Waals surface area contributed by atoms with Crippen LogP contribution < -0.4 is 5.32 Å². The first-order valence-electron chi connectivity index (χ1n) is 5.27. The lowest BCUT2D eigenvalue weighted by molar-refractivity contribution is 0.557. The number of hydrogen-bond donors (Lipinski definition) is 1. The molecule has 16 heavy (non-hydrogen) atoms. The Kier molecular flexibility index (Phi) is 6.17. The van der Waals surface area contributed by atoms with E-state index < -0.39 is 0 Å². The van der Waals surface area contributed by atoms with Crippen molar-refractivity contribution in [2.75, 3.05) is 18.6 Å². The molecular formula is C12H17ClFNS. The fraction of sp³-hybridized carbons (Fsp3) is 0.500. The van der Waals surface area contributed by atoms with E-state index in [-0.39, 0.29) is 10.8 Å². The van der Waals surface area contributed by atoms with Crippen LogP contribution in [0.1, 0.15) is 12.5 Å². The Hall–Kier alpha value is -0.250. The summed E-state index contributed by atoms with van der Waals surface area (Å²) in [4.78, 5) is 0. The Morgan fingerprint density at radius 2 is 2.25 bits per heavy atom. The van der Waals surface area contributed by atoms with Gasteiger partial charge in [0, 0.05) is 6.54 Å². The van der Waals surface area contributed by atoms with Crippen LogP contribution in [0.25, 0.3) is 0 Å². The zero-order valence-electron chi connectivity index (χ0n) is 9.59. The van der Waals surface area contributed by atoms with E-state index in [1.165, 1.54) is 6.07 Å². The molecule has 0 fully saturated rings. The molecule has 0 aliphatic rings. The van der Waals surface area contributed by atoms with Gasteiger partial charge in [-0.2, -0.15) is 11.8 Å². The Bertz CT molecular complexity index is 333. The summed E-state index contributed by atoms with van der Waals surface area (Å²) in [5, 5.41) is 3.52. The molecule has 0 aliphatic carbocycles. The van der Waals surface area contributed by atoms with Gasteiger partial charge in [0.25, 0.3) is 0 Å². The van der Waals surface area contributed by atoms with Crippen LogP contribution in [0.15, 0.2) is 18.2 Å². The Balaban J connectivity index is 2.40. The first-order valence-corrected chi connectivity index (χ1v) is 7.05. The maximum absolute atomic E-state index is 13.1. The van der Waals surface area contributed by atoms with Gasteiger partial charge < -0.3 is 5.32 Å². The lowest BCUT2D eigenvalue weighted by Gasteiger charge is -2.11. The predicted octanol–water partition coefficient (Wildman–Crippen LogP) is 3.57. The van der Waals surface area contributed by atoms with E-state index in [1.807, 2.05) is 17.8 Å². The van der Waals surface area contributed by atoms with Gasteiger partial charge in [0.2, 0.25) is 0 Å². The quantitative estimate of drug-likeness (QED) is 0.840. The summed E-state index contributed by atoms with van der Waals surface area (Å²) < 4.78 is 13.1. The first kappa shape index (κ1) is 13.8. The van der Waals surface area contributed by atoms with Gasteiger partial charge in [-0.1, -0.05) is 30.7 Å². The fourth-order valence-corrected chi connectivity index (χ4v) is 2.36. The van der Waals surface area contributed by atoms with Crippen LogP contribution in [0, 0.1) is 11.7 Å². The molecule has 1 nitrogen and oxygen atoms in total. The van der Waals surface area contributed by atoms with Crippen molar-refractivity contribution < 1.29 is 4.39 Å². The van der Waals surface area contributed by atoms with Crippen LogP contribution in [0.4, 0.5) is 4.39 Å². The first-order chi connectivity index (χ1) is 7.65. The monoisotopic (exact) mass is 261 g/mol. The van der Waals surface area contributed by atoms with E-state index in [9.17, 15) is 4.39 Å². The summed E-state index contributed by atoms with van der Waals surface area (Å²) in [6.07, 6.45) is 2.10. The van der Waals surface area contributed by atoms with Gasteiger partial charge in [0.1, 0.15) is 5.82 Å². The van der Waals surface area contributed by atoms with Crippen molar-refractivity contribution in [2.45, 2.75) is 13.5 Å². The van der Waals surface area contributed by atoms with Gasteiger partial charge in [0.15, 0.2) is 0 Å². The number of hydrogen-bond acceptors (Lipinski definition) is 2. The lowest BCUT2D eigenvalue weighted by Crippen LogP contribution is -2.22. The van der Waals surface area contributed by atoms with E-state index in [4.69, 9.17) is 11.6 Å². The summed E-state index contributed by atoms with van der Waals surface area (Å²) in [5.74, 6) is 1.39. The van der Waals surface area contributed by atoms with Gasteiger partial charge in [-0.25, -0.2) is 4.39 Å². The van der Waals surface area contributed by atoms with Crippen molar-refractivity contribution in [1.29, 1.82) is 0 Å². The normalized spacial score (nSPS) is 12.8. The Labute approximate surface area is 106 Å². The van der Waals surface area contributed by atoms with E-state index in [0.717, 1.165) is 17.9 Å². The highest BCUT2D eigenvalue weighted by Gasteiger charge is 2.06. The molecule has 0 bridgehead atoms. The molecule has 4 heteroatoms. The lowest BCUT2D eigenvalue weighted by atomic mass is 10.2. The SMILES string of the molecule is CSCC(C)CNCc1cccc(F)c1Cl. The molecule has 1 atom stereocenters. The minimum atomic E-state index is -0.349. The second kappa shape index (κ2) is 7.15. The Morgan fingerprint density at radius 1 is 1.50 bits per heavy atom. The summed E-state index contributed by atoms with van der Waals surface area (Å²) in [6, 6.07) is 4.91. The molecule has 0 spiro atoms. The summed E-state index contributed by atoms with van der Waals surface area (Å²) in [6.45, 7) is 3.74. The van der Waals surface area contributed by atoms with E-state index in [2.05, 4.69) is 18.5 Å². The van der Waals surface area contributed by atoms with Crippen LogP contribution in [-0.2, 0) is 6.54 Å². The second-order valence-corrected chi connectivity index (χ2v) is 5.19. The average Bonchev–Trinajstić information content (AvgIpc) is 2.25. The van der Waals surface area contributed by atoms with Crippen molar-refractivity contribution in [2.24, 2.45) is 5.92 Å². The zero-order valence-corrected chi connectivity index (χ0v) is 11.2. The maximum Gasteiger partial charge on any atom is 0.142 e. The molecule has 1 unspecified atom stereocenters. The molecule has 0 saturated carbocycles. The third kappa shape index (κ3) is 4.32. The van der Waals surface area contributed by atoms with E-state index in [0.29, 0.717) is 12.5 Å². The highest BCUT2D eigenvalue weighted by molar-refractivity contribution is 7.98. The van der Waals surface area contributed by atoms with Gasteiger partial charge >= 0.3 is 0 Å². The molecule has 1 N–H and O–H groups in total. The van der Waals surface area contributed by atoms with Crippen molar-refractivity contribution >= 4 is 23.4 Å². The zero-order chi connectivity index (χ0) is 12.0. The topological polar surface area (TPSA) is 12.0 Å². The summed E-state index contributed by atoms with van der Waals surface area (Å²) >= 11 is 7.69. The highest BCUT2D eigenvalue weighted by Crippen LogP contribution is 2.19. The third-order valence-corrected chi connectivity index (χ3v) is 3.62. The number of thioether (sulfide) groups is 1. The second-order valence-electron chi connectivity index (χ2n) is 3.90. The van der Waals surface area contributed by atoms with Gasteiger partial charge in [-0.3, -0.25) is 0 Å². The van der Waals surface area contributed by atoms with Crippen LogP contribution in [0.3, 0.4) is 0 Å². The molecule has 1 aromatic carbocycles. The van der Waals surface area contributed by atoms with Crippen molar-refractivity contribution in [1.82, 2.24) is 5.32 Å².